The zero-order valence-electron chi connectivity index (χ0n) is 17.9. The van der Waals surface area contributed by atoms with Crippen molar-refractivity contribution in [3.8, 4) is 5.69 Å². The number of esters is 1. The van der Waals surface area contributed by atoms with E-state index in [9.17, 15) is 9.59 Å². The second-order valence-corrected chi connectivity index (χ2v) is 7.78. The van der Waals surface area contributed by atoms with Crippen molar-refractivity contribution in [1.82, 2.24) is 30.3 Å². The molecule has 1 aromatic carbocycles. The van der Waals surface area contributed by atoms with E-state index < -0.39 is 11.9 Å². The fourth-order valence-corrected chi connectivity index (χ4v) is 3.78. The molecule has 1 N–H and O–H groups in total. The second kappa shape index (κ2) is 10.2. The van der Waals surface area contributed by atoms with Crippen molar-refractivity contribution >= 4 is 23.6 Å². The predicted octanol–water partition coefficient (Wildman–Crippen LogP) is 2.57. The quantitative estimate of drug-likeness (QED) is 0.323. The number of carbonyl (C=O) groups excluding carboxylic acids is 2. The third-order valence-electron chi connectivity index (χ3n) is 4.26. The molecular weight excluding hydrogens is 416 g/mol. The van der Waals surface area contributed by atoms with Crippen LogP contribution in [-0.4, -0.2) is 50.0 Å². The molecule has 10 heteroatoms. The van der Waals surface area contributed by atoms with E-state index in [1.165, 1.54) is 11.8 Å². The average Bonchev–Trinajstić information content (AvgIpc) is 3.14. The summed E-state index contributed by atoms with van der Waals surface area (Å²) in [7, 11) is 0. The molecule has 2 aromatic heterocycles. The van der Waals surface area contributed by atoms with Gasteiger partial charge in [-0.05, 0) is 45.9 Å². The zero-order valence-corrected chi connectivity index (χ0v) is 18.7. The van der Waals surface area contributed by atoms with E-state index in [0.29, 0.717) is 16.6 Å². The number of carbonyl (C=O) groups is 2. The minimum absolute atomic E-state index is 0.141. The summed E-state index contributed by atoms with van der Waals surface area (Å²) >= 11 is 1.39. The van der Waals surface area contributed by atoms with E-state index in [1.807, 2.05) is 51.1 Å². The number of aryl methyl sites for hydroxylation is 3. The molecule has 31 heavy (non-hydrogen) atoms. The summed E-state index contributed by atoms with van der Waals surface area (Å²) in [6, 6.07) is 9.64. The Balaban J connectivity index is 1.88. The van der Waals surface area contributed by atoms with E-state index in [-0.39, 0.29) is 18.8 Å². The molecule has 0 atom stereocenters. The minimum atomic E-state index is -0.513. The Kier molecular flexibility index (Phi) is 7.35. The lowest BCUT2D eigenvalue weighted by Gasteiger charge is -2.09. The van der Waals surface area contributed by atoms with Gasteiger partial charge in [-0.2, -0.15) is 0 Å². The molecular formula is C21H24N6O3S. The van der Waals surface area contributed by atoms with Crippen LogP contribution in [0, 0.1) is 20.8 Å². The first kappa shape index (κ1) is 22.4. The van der Waals surface area contributed by atoms with Crippen molar-refractivity contribution < 1.29 is 14.3 Å². The molecule has 9 nitrogen and oxygen atoms in total. The van der Waals surface area contributed by atoms with Crippen LogP contribution in [0.4, 0.5) is 0 Å². The van der Waals surface area contributed by atoms with Crippen molar-refractivity contribution in [3.63, 3.8) is 0 Å². The van der Waals surface area contributed by atoms with Crippen molar-refractivity contribution in [2.45, 2.75) is 38.6 Å². The number of aromatic nitrogens is 5. The summed E-state index contributed by atoms with van der Waals surface area (Å²) in [5.41, 5.74) is 4.34. The maximum atomic E-state index is 12.7. The summed E-state index contributed by atoms with van der Waals surface area (Å²) in [4.78, 5) is 33.2. The van der Waals surface area contributed by atoms with E-state index in [4.69, 9.17) is 4.74 Å². The molecule has 0 saturated heterocycles. The highest BCUT2D eigenvalue weighted by Crippen LogP contribution is 2.23. The van der Waals surface area contributed by atoms with Crippen LogP contribution >= 0.6 is 11.8 Å². The molecule has 1 amide bonds. The number of thioether (sulfide) groups is 1. The van der Waals surface area contributed by atoms with Crippen LogP contribution in [0.1, 0.15) is 40.1 Å². The molecule has 0 aliphatic carbocycles. The van der Waals surface area contributed by atoms with E-state index in [2.05, 4.69) is 25.6 Å². The lowest BCUT2D eigenvalue weighted by molar-refractivity contribution is -0.141. The Hall–Kier alpha value is -3.27. The Morgan fingerprint density at radius 1 is 1.10 bits per heavy atom. The minimum Gasteiger partial charge on any atom is -0.465 e. The van der Waals surface area contributed by atoms with Gasteiger partial charge < -0.3 is 10.1 Å². The van der Waals surface area contributed by atoms with Gasteiger partial charge in [0.1, 0.15) is 6.54 Å². The van der Waals surface area contributed by atoms with Gasteiger partial charge >= 0.3 is 5.97 Å². The molecule has 0 unspecified atom stereocenters. The maximum Gasteiger partial charge on any atom is 0.325 e. The van der Waals surface area contributed by atoms with Gasteiger partial charge in [-0.3, -0.25) is 9.59 Å². The van der Waals surface area contributed by atoms with E-state index in [0.717, 1.165) is 22.6 Å². The van der Waals surface area contributed by atoms with Crippen LogP contribution in [0.15, 0.2) is 35.5 Å². The van der Waals surface area contributed by atoms with Crippen molar-refractivity contribution in [1.29, 1.82) is 0 Å². The third kappa shape index (κ3) is 5.88. The summed E-state index contributed by atoms with van der Waals surface area (Å²) in [6.07, 6.45) is 0. The van der Waals surface area contributed by atoms with Gasteiger partial charge in [-0.1, -0.05) is 34.7 Å². The van der Waals surface area contributed by atoms with Gasteiger partial charge in [0.15, 0.2) is 10.9 Å². The zero-order chi connectivity index (χ0) is 22.4. The molecule has 0 fully saturated rings. The molecule has 3 aromatic rings. The molecule has 0 radical (unpaired) electrons. The molecule has 0 spiro atoms. The van der Waals surface area contributed by atoms with Crippen molar-refractivity contribution in [2.75, 3.05) is 13.2 Å². The molecule has 0 bridgehead atoms. The van der Waals surface area contributed by atoms with E-state index >= 15 is 0 Å². The Bertz CT molecular complexity index is 1060. The summed E-state index contributed by atoms with van der Waals surface area (Å²) in [6.45, 7) is 7.52. The highest BCUT2D eigenvalue weighted by atomic mass is 32.2. The first-order chi connectivity index (χ1) is 14.9. The van der Waals surface area contributed by atoms with Crippen LogP contribution in [-0.2, 0) is 15.3 Å². The molecule has 2 heterocycles. The highest BCUT2D eigenvalue weighted by Gasteiger charge is 2.22. The lowest BCUT2D eigenvalue weighted by Crippen LogP contribution is -2.31. The number of ether oxygens (including phenoxy) is 1. The molecule has 162 valence electrons. The van der Waals surface area contributed by atoms with Crippen molar-refractivity contribution in [2.24, 2.45) is 0 Å². The topological polar surface area (TPSA) is 112 Å². The molecule has 0 aliphatic rings. The number of hydrogen-bond acceptors (Lipinski definition) is 8. The smallest absolute Gasteiger partial charge is 0.325 e. The van der Waals surface area contributed by atoms with Gasteiger partial charge in [-0.25, -0.2) is 14.6 Å². The van der Waals surface area contributed by atoms with Crippen LogP contribution in [0.25, 0.3) is 5.69 Å². The number of amides is 1. The fraction of sp³-hybridized carbons (Fsp3) is 0.333. The Morgan fingerprint density at radius 2 is 1.77 bits per heavy atom. The van der Waals surface area contributed by atoms with Gasteiger partial charge in [0.2, 0.25) is 0 Å². The van der Waals surface area contributed by atoms with Gasteiger partial charge in [0.25, 0.3) is 5.91 Å². The highest BCUT2D eigenvalue weighted by molar-refractivity contribution is 7.98. The van der Waals surface area contributed by atoms with Crippen LogP contribution in [0.5, 0.6) is 0 Å². The Morgan fingerprint density at radius 3 is 2.42 bits per heavy atom. The van der Waals surface area contributed by atoms with E-state index in [1.54, 1.807) is 11.6 Å². The van der Waals surface area contributed by atoms with Gasteiger partial charge in [-0.15, -0.1) is 5.10 Å². The largest absolute Gasteiger partial charge is 0.465 e. The number of nitrogens with zero attached hydrogens (tertiary/aromatic N) is 5. The number of benzene rings is 1. The third-order valence-corrected chi connectivity index (χ3v) is 5.11. The van der Waals surface area contributed by atoms with Crippen LogP contribution < -0.4 is 5.32 Å². The first-order valence-corrected chi connectivity index (χ1v) is 10.8. The summed E-state index contributed by atoms with van der Waals surface area (Å²) in [5.74, 6) is -0.643. The Labute approximate surface area is 184 Å². The van der Waals surface area contributed by atoms with Gasteiger partial charge in [0, 0.05) is 17.1 Å². The number of rotatable bonds is 8. The lowest BCUT2D eigenvalue weighted by atomic mass is 10.2. The molecule has 0 saturated carbocycles. The average molecular weight is 441 g/mol. The predicted molar refractivity (Wildman–Crippen MR) is 116 cm³/mol. The molecule has 3 rings (SSSR count). The first-order valence-electron chi connectivity index (χ1n) is 9.78. The second-order valence-electron chi connectivity index (χ2n) is 6.84. The van der Waals surface area contributed by atoms with Crippen molar-refractivity contribution in [3.05, 3.63) is 58.7 Å². The van der Waals surface area contributed by atoms with Crippen LogP contribution in [0.3, 0.4) is 0 Å². The number of nitrogens with one attached hydrogen (secondary N) is 1. The maximum absolute atomic E-state index is 12.7. The normalized spacial score (nSPS) is 10.7. The summed E-state index contributed by atoms with van der Waals surface area (Å²) < 4.78 is 6.48. The number of hydrogen-bond donors (Lipinski definition) is 1. The van der Waals surface area contributed by atoms with Crippen LogP contribution in [0.2, 0.25) is 0 Å². The molecule has 0 aliphatic heterocycles. The van der Waals surface area contributed by atoms with Gasteiger partial charge in [0.05, 0.1) is 18.0 Å². The monoisotopic (exact) mass is 440 g/mol. The summed E-state index contributed by atoms with van der Waals surface area (Å²) in [5, 5.41) is 11.4. The standard InChI is InChI=1S/C21H24N6O3S/c1-5-30-18(28)11-22-20(29)19-17(12-31-21-23-14(3)10-15(4)24-21)27(26-25-19)16-8-6-13(2)7-9-16/h6-10H,5,11-12H2,1-4H3,(H,22,29). The fourth-order valence-electron chi connectivity index (χ4n) is 2.84. The SMILES string of the molecule is CCOC(=O)CNC(=O)c1nnn(-c2ccc(C)cc2)c1CSc1nc(C)cc(C)n1.